The van der Waals surface area contributed by atoms with Gasteiger partial charge in [-0.1, -0.05) is 30.3 Å². The summed E-state index contributed by atoms with van der Waals surface area (Å²) in [5.41, 5.74) is 7.90. The average molecular weight is 259 g/mol. The Morgan fingerprint density at radius 1 is 0.947 bits per heavy atom. The van der Waals surface area contributed by atoms with E-state index in [9.17, 15) is 0 Å². The maximum Gasteiger partial charge on any atom is 0.0283 e. The molecule has 3 nitrogen and oxygen atoms in total. The molecule has 0 radical (unpaired) electrons. The van der Waals surface area contributed by atoms with Gasteiger partial charge >= 0.3 is 0 Å². The zero-order chi connectivity index (χ0) is 13.1. The van der Waals surface area contributed by atoms with E-state index < -0.39 is 0 Å². The summed E-state index contributed by atoms with van der Waals surface area (Å²) in [4.78, 5) is 5.11. The molecule has 2 fully saturated rings. The first-order valence-corrected chi connectivity index (χ1v) is 7.51. The molecule has 1 saturated heterocycles. The van der Waals surface area contributed by atoms with Crippen molar-refractivity contribution in [3.05, 3.63) is 35.9 Å². The second-order valence-corrected chi connectivity index (χ2v) is 6.25. The lowest BCUT2D eigenvalue weighted by molar-refractivity contribution is 0.0830. The predicted molar refractivity (Wildman–Crippen MR) is 78.9 cm³/mol. The molecule has 1 aromatic rings. The van der Waals surface area contributed by atoms with E-state index in [0.717, 1.165) is 13.1 Å². The van der Waals surface area contributed by atoms with E-state index in [1.165, 1.54) is 51.0 Å². The van der Waals surface area contributed by atoms with Gasteiger partial charge in [-0.15, -0.1) is 0 Å². The molecule has 2 N–H and O–H groups in total. The highest BCUT2D eigenvalue weighted by Gasteiger charge is 2.34. The Hall–Kier alpha value is -0.900. The third kappa shape index (κ3) is 3.35. The minimum Gasteiger partial charge on any atom is -0.324 e. The van der Waals surface area contributed by atoms with Gasteiger partial charge in [0.1, 0.15) is 0 Å². The smallest absolute Gasteiger partial charge is 0.0283 e. The molecule has 1 aliphatic carbocycles. The van der Waals surface area contributed by atoms with Gasteiger partial charge in [-0.25, -0.2) is 0 Å². The molecule has 2 aliphatic rings. The molecule has 1 saturated carbocycles. The standard InChI is InChI=1S/C16H25N3/c17-16(7-4-8-16)14-19-11-9-18(10-12-19)13-15-5-2-1-3-6-15/h1-3,5-6H,4,7-14,17H2. The Labute approximate surface area is 116 Å². The maximum absolute atomic E-state index is 6.34. The first-order chi connectivity index (χ1) is 9.23. The molecule has 104 valence electrons. The molecule has 1 aliphatic heterocycles. The van der Waals surface area contributed by atoms with Crippen LogP contribution in [0.2, 0.25) is 0 Å². The van der Waals surface area contributed by atoms with Gasteiger partial charge in [0.2, 0.25) is 0 Å². The van der Waals surface area contributed by atoms with Crippen molar-refractivity contribution in [3.8, 4) is 0 Å². The SMILES string of the molecule is NC1(CN2CCN(Cc3ccccc3)CC2)CCC1. The van der Waals surface area contributed by atoms with E-state index in [-0.39, 0.29) is 5.54 Å². The zero-order valence-electron chi connectivity index (χ0n) is 11.7. The predicted octanol–water partition coefficient (Wildman–Crippen LogP) is 1.69. The fraction of sp³-hybridized carbons (Fsp3) is 0.625. The van der Waals surface area contributed by atoms with Gasteiger partial charge in [-0.2, -0.15) is 0 Å². The number of nitrogens with zero attached hydrogens (tertiary/aromatic N) is 2. The quantitative estimate of drug-likeness (QED) is 0.893. The van der Waals surface area contributed by atoms with Crippen molar-refractivity contribution < 1.29 is 0 Å². The molecular formula is C16H25N3. The summed E-state index contributed by atoms with van der Waals surface area (Å²) >= 11 is 0. The summed E-state index contributed by atoms with van der Waals surface area (Å²) in [5, 5.41) is 0. The highest BCUT2D eigenvalue weighted by atomic mass is 15.3. The van der Waals surface area contributed by atoms with E-state index in [1.54, 1.807) is 0 Å². The number of hydrogen-bond donors (Lipinski definition) is 1. The Morgan fingerprint density at radius 2 is 1.58 bits per heavy atom. The molecule has 3 rings (SSSR count). The van der Waals surface area contributed by atoms with Crippen molar-refractivity contribution >= 4 is 0 Å². The summed E-state index contributed by atoms with van der Waals surface area (Å²) in [5.74, 6) is 0. The molecule has 3 heteroatoms. The highest BCUT2D eigenvalue weighted by Crippen LogP contribution is 2.30. The van der Waals surface area contributed by atoms with Crippen molar-refractivity contribution in [2.24, 2.45) is 5.73 Å². The summed E-state index contributed by atoms with van der Waals surface area (Å²) in [6.07, 6.45) is 3.76. The fourth-order valence-electron chi connectivity index (χ4n) is 3.18. The average Bonchev–Trinajstić information content (AvgIpc) is 2.40. The minimum atomic E-state index is 0.140. The summed E-state index contributed by atoms with van der Waals surface area (Å²) in [6.45, 7) is 6.88. The third-order valence-corrected chi connectivity index (χ3v) is 4.60. The Morgan fingerprint density at radius 3 is 2.16 bits per heavy atom. The van der Waals surface area contributed by atoms with Crippen LogP contribution in [-0.2, 0) is 6.54 Å². The Kier molecular flexibility index (Phi) is 3.87. The number of hydrogen-bond acceptors (Lipinski definition) is 3. The van der Waals surface area contributed by atoms with Gasteiger partial charge in [0.15, 0.2) is 0 Å². The largest absolute Gasteiger partial charge is 0.324 e. The van der Waals surface area contributed by atoms with Crippen molar-refractivity contribution in [3.63, 3.8) is 0 Å². The van der Waals surface area contributed by atoms with Gasteiger partial charge in [-0.3, -0.25) is 9.80 Å². The van der Waals surface area contributed by atoms with Crippen LogP contribution in [-0.4, -0.2) is 48.1 Å². The fourth-order valence-corrected chi connectivity index (χ4v) is 3.18. The highest BCUT2D eigenvalue weighted by molar-refractivity contribution is 5.14. The second-order valence-electron chi connectivity index (χ2n) is 6.25. The number of nitrogens with two attached hydrogens (primary N) is 1. The molecule has 0 atom stereocenters. The van der Waals surface area contributed by atoms with E-state index in [2.05, 4.69) is 40.1 Å². The molecule has 0 bridgehead atoms. The van der Waals surface area contributed by atoms with Crippen LogP contribution in [0.15, 0.2) is 30.3 Å². The van der Waals surface area contributed by atoms with Crippen LogP contribution in [0.1, 0.15) is 24.8 Å². The van der Waals surface area contributed by atoms with Gasteiger partial charge < -0.3 is 5.73 Å². The van der Waals surface area contributed by atoms with Gasteiger partial charge in [0.05, 0.1) is 0 Å². The summed E-state index contributed by atoms with van der Waals surface area (Å²) in [6, 6.07) is 10.8. The molecular weight excluding hydrogens is 234 g/mol. The third-order valence-electron chi connectivity index (χ3n) is 4.60. The van der Waals surface area contributed by atoms with Crippen molar-refractivity contribution in [2.75, 3.05) is 32.7 Å². The van der Waals surface area contributed by atoms with E-state index >= 15 is 0 Å². The van der Waals surface area contributed by atoms with Gasteiger partial charge in [-0.05, 0) is 24.8 Å². The van der Waals surface area contributed by atoms with Gasteiger partial charge in [0, 0.05) is 44.8 Å². The van der Waals surface area contributed by atoms with Crippen LogP contribution in [0.25, 0.3) is 0 Å². The van der Waals surface area contributed by atoms with E-state index in [1.807, 2.05) is 0 Å². The first kappa shape index (κ1) is 13.1. The van der Waals surface area contributed by atoms with Crippen LogP contribution < -0.4 is 5.73 Å². The van der Waals surface area contributed by atoms with Crippen LogP contribution in [0, 0.1) is 0 Å². The summed E-state index contributed by atoms with van der Waals surface area (Å²) in [7, 11) is 0. The maximum atomic E-state index is 6.34. The molecule has 19 heavy (non-hydrogen) atoms. The topological polar surface area (TPSA) is 32.5 Å². The van der Waals surface area contributed by atoms with Crippen LogP contribution in [0.5, 0.6) is 0 Å². The normalized spacial score (nSPS) is 24.1. The Balaban J connectivity index is 1.44. The van der Waals surface area contributed by atoms with E-state index in [4.69, 9.17) is 5.73 Å². The molecule has 0 aromatic heterocycles. The van der Waals surface area contributed by atoms with E-state index in [0.29, 0.717) is 0 Å². The van der Waals surface area contributed by atoms with Crippen LogP contribution >= 0.6 is 0 Å². The lowest BCUT2D eigenvalue weighted by Gasteiger charge is -2.44. The summed E-state index contributed by atoms with van der Waals surface area (Å²) < 4.78 is 0. The van der Waals surface area contributed by atoms with Crippen molar-refractivity contribution in [1.82, 2.24) is 9.80 Å². The number of piperazine rings is 1. The number of rotatable bonds is 4. The molecule has 0 amide bonds. The minimum absolute atomic E-state index is 0.140. The monoisotopic (exact) mass is 259 g/mol. The molecule has 1 aromatic carbocycles. The van der Waals surface area contributed by atoms with Crippen LogP contribution in [0.3, 0.4) is 0 Å². The second kappa shape index (κ2) is 5.61. The first-order valence-electron chi connectivity index (χ1n) is 7.51. The van der Waals surface area contributed by atoms with Crippen LogP contribution in [0.4, 0.5) is 0 Å². The molecule has 0 unspecified atom stereocenters. The molecule has 1 heterocycles. The van der Waals surface area contributed by atoms with Crippen molar-refractivity contribution in [2.45, 2.75) is 31.3 Å². The zero-order valence-corrected chi connectivity index (χ0v) is 11.7. The lowest BCUT2D eigenvalue weighted by atomic mass is 9.77. The lowest BCUT2D eigenvalue weighted by Crippen LogP contribution is -2.58. The van der Waals surface area contributed by atoms with Gasteiger partial charge in [0.25, 0.3) is 0 Å². The molecule has 0 spiro atoms. The van der Waals surface area contributed by atoms with Crippen molar-refractivity contribution in [1.29, 1.82) is 0 Å². The Bertz CT molecular complexity index is 392. The number of benzene rings is 1.